The third kappa shape index (κ3) is 1.90. The molecule has 0 bridgehead atoms. The van der Waals surface area contributed by atoms with Crippen LogP contribution < -0.4 is 11.3 Å². The second-order valence-electron chi connectivity index (χ2n) is 4.90. The summed E-state index contributed by atoms with van der Waals surface area (Å²) in [6.45, 7) is 0. The van der Waals surface area contributed by atoms with E-state index in [1.54, 1.807) is 23.2 Å². The molecule has 2 aromatic rings. The molecule has 0 aliphatic heterocycles. The fourth-order valence-corrected chi connectivity index (χ4v) is 2.60. The van der Waals surface area contributed by atoms with Gasteiger partial charge in [-0.05, 0) is 37.8 Å². The molecule has 2 heterocycles. The summed E-state index contributed by atoms with van der Waals surface area (Å²) in [6, 6.07) is 4.10. The van der Waals surface area contributed by atoms with E-state index in [-0.39, 0.29) is 17.6 Å². The third-order valence-electron chi connectivity index (χ3n) is 3.68. The maximum Gasteiger partial charge on any atom is 0.280 e. The van der Waals surface area contributed by atoms with Gasteiger partial charge in [0.25, 0.3) is 5.56 Å². The Morgan fingerprint density at radius 3 is 2.78 bits per heavy atom. The molecule has 0 spiro atoms. The summed E-state index contributed by atoms with van der Waals surface area (Å²) < 4.78 is 1.72. The molecule has 0 atom stereocenters. The summed E-state index contributed by atoms with van der Waals surface area (Å²) in [6.07, 6.45) is 7.11. The smallest absolute Gasteiger partial charge is 0.280 e. The Balaban J connectivity index is 2.02. The monoisotopic (exact) mass is 244 g/mol. The topological polar surface area (TPSA) is 73.8 Å². The van der Waals surface area contributed by atoms with Crippen molar-refractivity contribution in [2.75, 3.05) is 0 Å². The molecule has 1 aliphatic carbocycles. The van der Waals surface area contributed by atoms with Crippen molar-refractivity contribution in [2.45, 2.75) is 37.8 Å². The van der Waals surface area contributed by atoms with E-state index < -0.39 is 0 Å². The average Bonchev–Trinajstić information content (AvgIpc) is 2.41. The minimum Gasteiger partial charge on any atom is -0.328 e. The summed E-state index contributed by atoms with van der Waals surface area (Å²) in [4.78, 5) is 20.8. The van der Waals surface area contributed by atoms with Crippen LogP contribution in [0.15, 0.2) is 29.5 Å². The van der Waals surface area contributed by atoms with Gasteiger partial charge in [0.2, 0.25) is 0 Å². The Bertz CT molecular complexity index is 614. The van der Waals surface area contributed by atoms with Crippen molar-refractivity contribution in [2.24, 2.45) is 5.73 Å². The Kier molecular flexibility index (Phi) is 2.83. The van der Waals surface area contributed by atoms with Gasteiger partial charge in [-0.15, -0.1) is 0 Å². The maximum atomic E-state index is 12.3. The highest BCUT2D eigenvalue weighted by molar-refractivity contribution is 5.71. The van der Waals surface area contributed by atoms with Crippen LogP contribution in [0.4, 0.5) is 0 Å². The van der Waals surface area contributed by atoms with Gasteiger partial charge in [0.15, 0.2) is 5.52 Å². The molecule has 5 heteroatoms. The van der Waals surface area contributed by atoms with E-state index in [1.807, 2.05) is 6.07 Å². The molecule has 3 rings (SSSR count). The van der Waals surface area contributed by atoms with Crippen LogP contribution in [0.5, 0.6) is 0 Å². The summed E-state index contributed by atoms with van der Waals surface area (Å²) in [5, 5.41) is 0. The fraction of sp³-hybridized carbons (Fsp3) is 0.462. The third-order valence-corrected chi connectivity index (χ3v) is 3.68. The highest BCUT2D eigenvalue weighted by Gasteiger charge is 2.21. The Morgan fingerprint density at radius 1 is 1.22 bits per heavy atom. The highest BCUT2D eigenvalue weighted by Crippen LogP contribution is 2.26. The van der Waals surface area contributed by atoms with E-state index in [9.17, 15) is 4.79 Å². The fourth-order valence-electron chi connectivity index (χ4n) is 2.60. The number of pyridine rings is 1. The molecule has 1 aliphatic rings. The molecule has 2 aromatic heterocycles. The van der Waals surface area contributed by atoms with E-state index >= 15 is 0 Å². The van der Waals surface area contributed by atoms with Crippen LogP contribution in [0.2, 0.25) is 0 Å². The lowest BCUT2D eigenvalue weighted by atomic mass is 9.91. The molecule has 5 nitrogen and oxygen atoms in total. The van der Waals surface area contributed by atoms with Gasteiger partial charge in [-0.25, -0.2) is 9.97 Å². The van der Waals surface area contributed by atoms with Crippen molar-refractivity contribution in [1.82, 2.24) is 14.5 Å². The molecule has 0 saturated heterocycles. The molecule has 0 unspecified atom stereocenters. The summed E-state index contributed by atoms with van der Waals surface area (Å²) in [7, 11) is 0. The van der Waals surface area contributed by atoms with Crippen LogP contribution in [0, 0.1) is 0 Å². The van der Waals surface area contributed by atoms with E-state index in [0.29, 0.717) is 11.0 Å². The van der Waals surface area contributed by atoms with Gasteiger partial charge in [-0.2, -0.15) is 0 Å². The van der Waals surface area contributed by atoms with Gasteiger partial charge in [-0.1, -0.05) is 0 Å². The Hall–Kier alpha value is -1.75. The number of rotatable bonds is 1. The van der Waals surface area contributed by atoms with Crippen molar-refractivity contribution in [3.63, 3.8) is 0 Å². The van der Waals surface area contributed by atoms with E-state index in [2.05, 4.69) is 9.97 Å². The average molecular weight is 244 g/mol. The van der Waals surface area contributed by atoms with E-state index in [0.717, 1.165) is 25.7 Å². The van der Waals surface area contributed by atoms with Gasteiger partial charge >= 0.3 is 0 Å². The van der Waals surface area contributed by atoms with Crippen molar-refractivity contribution >= 4 is 11.0 Å². The molecular formula is C13H16N4O. The zero-order chi connectivity index (χ0) is 12.5. The summed E-state index contributed by atoms with van der Waals surface area (Å²) in [5.41, 5.74) is 6.96. The van der Waals surface area contributed by atoms with Gasteiger partial charge < -0.3 is 5.73 Å². The minimum absolute atomic E-state index is 0.0407. The molecule has 1 saturated carbocycles. The molecule has 0 amide bonds. The van der Waals surface area contributed by atoms with Gasteiger partial charge in [-0.3, -0.25) is 9.36 Å². The molecule has 2 N–H and O–H groups in total. The van der Waals surface area contributed by atoms with E-state index in [1.165, 1.54) is 0 Å². The van der Waals surface area contributed by atoms with Crippen LogP contribution in [0.25, 0.3) is 11.0 Å². The first-order chi connectivity index (χ1) is 8.75. The molecule has 1 fully saturated rings. The number of nitrogens with two attached hydrogens (primary N) is 1. The second-order valence-corrected chi connectivity index (χ2v) is 4.90. The van der Waals surface area contributed by atoms with Crippen molar-refractivity contribution in [3.8, 4) is 0 Å². The van der Waals surface area contributed by atoms with Crippen LogP contribution in [-0.2, 0) is 0 Å². The lowest BCUT2D eigenvalue weighted by Gasteiger charge is -2.27. The van der Waals surface area contributed by atoms with Crippen LogP contribution in [-0.4, -0.2) is 20.6 Å². The zero-order valence-electron chi connectivity index (χ0n) is 10.1. The lowest BCUT2D eigenvalue weighted by molar-refractivity contribution is 0.317. The molecule has 18 heavy (non-hydrogen) atoms. The van der Waals surface area contributed by atoms with Gasteiger partial charge in [0.05, 0.1) is 11.8 Å². The van der Waals surface area contributed by atoms with Crippen LogP contribution in [0.3, 0.4) is 0 Å². The number of aromatic nitrogens is 3. The Labute approximate surface area is 105 Å². The highest BCUT2D eigenvalue weighted by atomic mass is 16.1. The quantitative estimate of drug-likeness (QED) is 0.819. The van der Waals surface area contributed by atoms with Crippen molar-refractivity contribution in [3.05, 3.63) is 35.0 Å². The van der Waals surface area contributed by atoms with Crippen molar-refractivity contribution in [1.29, 1.82) is 0 Å². The molecule has 94 valence electrons. The SMILES string of the molecule is NC1CCC(n2cnc3cccnc3c2=O)CC1. The summed E-state index contributed by atoms with van der Waals surface area (Å²) in [5.74, 6) is 0. The molecule has 0 radical (unpaired) electrons. The van der Waals surface area contributed by atoms with Crippen molar-refractivity contribution < 1.29 is 0 Å². The normalized spacial score (nSPS) is 24.3. The first kappa shape index (κ1) is 11.3. The predicted octanol–water partition coefficient (Wildman–Crippen LogP) is 1.23. The predicted molar refractivity (Wildman–Crippen MR) is 69.3 cm³/mol. The Morgan fingerprint density at radius 2 is 2.00 bits per heavy atom. The molecular weight excluding hydrogens is 228 g/mol. The number of nitrogens with zero attached hydrogens (tertiary/aromatic N) is 3. The standard InChI is InChI=1S/C13H16N4O/c14-9-3-5-10(6-4-9)17-8-16-11-2-1-7-15-12(11)13(17)18/h1-2,7-10H,3-6,14H2. The number of hydrogen-bond donors (Lipinski definition) is 1. The number of fused-ring (bicyclic) bond motifs is 1. The minimum atomic E-state index is -0.0407. The zero-order valence-corrected chi connectivity index (χ0v) is 10.1. The lowest BCUT2D eigenvalue weighted by Crippen LogP contribution is -2.32. The maximum absolute atomic E-state index is 12.3. The van der Waals surface area contributed by atoms with Crippen LogP contribution >= 0.6 is 0 Å². The summed E-state index contributed by atoms with van der Waals surface area (Å²) >= 11 is 0. The number of hydrogen-bond acceptors (Lipinski definition) is 4. The van der Waals surface area contributed by atoms with E-state index in [4.69, 9.17) is 5.73 Å². The second kappa shape index (κ2) is 4.49. The molecule has 0 aromatic carbocycles. The largest absolute Gasteiger partial charge is 0.328 e. The van der Waals surface area contributed by atoms with Gasteiger partial charge in [0, 0.05) is 18.3 Å². The van der Waals surface area contributed by atoms with Crippen LogP contribution in [0.1, 0.15) is 31.7 Å². The van der Waals surface area contributed by atoms with Gasteiger partial charge in [0.1, 0.15) is 0 Å². The first-order valence-electron chi connectivity index (χ1n) is 6.33. The first-order valence-corrected chi connectivity index (χ1v) is 6.33.